The van der Waals surface area contributed by atoms with Crippen LogP contribution >= 0.6 is 11.3 Å². The van der Waals surface area contributed by atoms with Crippen molar-refractivity contribution in [2.45, 2.75) is 26.1 Å². The van der Waals surface area contributed by atoms with E-state index in [0.29, 0.717) is 21.8 Å². The topological polar surface area (TPSA) is 61.8 Å². The molecule has 1 aliphatic rings. The van der Waals surface area contributed by atoms with Gasteiger partial charge in [0.1, 0.15) is 18.2 Å². The number of ether oxygens (including phenoxy) is 3. The lowest BCUT2D eigenvalue weighted by atomic mass is 10.1. The smallest absolute Gasteiger partial charge is 0.306 e. The van der Waals surface area contributed by atoms with Crippen molar-refractivity contribution in [3.05, 3.63) is 51.5 Å². The minimum absolute atomic E-state index is 0.0157. The first-order chi connectivity index (χ1) is 11.6. The van der Waals surface area contributed by atoms with E-state index in [2.05, 4.69) is 0 Å². The highest BCUT2D eigenvalue weighted by Gasteiger charge is 2.18. The zero-order valence-electron chi connectivity index (χ0n) is 12.7. The number of ketones is 1. The van der Waals surface area contributed by atoms with Gasteiger partial charge in [-0.05, 0) is 23.6 Å². The molecule has 0 N–H and O–H groups in total. The summed E-state index contributed by atoms with van der Waals surface area (Å²) in [6, 6.07) is 6.11. The zero-order chi connectivity index (χ0) is 16.9. The highest BCUT2D eigenvalue weighted by molar-refractivity contribution is 7.12. The standard InChI is InChI=1S/C17H15FO5S/c18-13-6-11-8-21-10-23-17(11)12(7-13)9-22-16(20)4-3-14(19)15-2-1-5-24-15/h1-2,5-7H,3-4,8-10H2. The molecular formula is C17H15FO5S. The van der Waals surface area contributed by atoms with Crippen molar-refractivity contribution in [3.63, 3.8) is 0 Å². The summed E-state index contributed by atoms with van der Waals surface area (Å²) >= 11 is 1.34. The Morgan fingerprint density at radius 3 is 2.96 bits per heavy atom. The third-order valence-electron chi connectivity index (χ3n) is 3.49. The van der Waals surface area contributed by atoms with Crippen LogP contribution in [-0.2, 0) is 27.5 Å². The third-order valence-corrected chi connectivity index (χ3v) is 4.40. The van der Waals surface area contributed by atoms with Gasteiger partial charge in [-0.3, -0.25) is 9.59 Å². The van der Waals surface area contributed by atoms with Gasteiger partial charge < -0.3 is 14.2 Å². The molecule has 0 unspecified atom stereocenters. The van der Waals surface area contributed by atoms with Crippen molar-refractivity contribution >= 4 is 23.1 Å². The molecule has 5 nitrogen and oxygen atoms in total. The van der Waals surface area contributed by atoms with Gasteiger partial charge in [-0.1, -0.05) is 6.07 Å². The molecule has 0 saturated heterocycles. The van der Waals surface area contributed by atoms with Crippen molar-refractivity contribution in [1.82, 2.24) is 0 Å². The van der Waals surface area contributed by atoms with Crippen LogP contribution in [0.5, 0.6) is 5.75 Å². The number of carbonyl (C=O) groups excluding carboxylic acids is 2. The van der Waals surface area contributed by atoms with Crippen LogP contribution in [-0.4, -0.2) is 18.5 Å². The van der Waals surface area contributed by atoms with Crippen LogP contribution in [0.15, 0.2) is 29.6 Å². The Balaban J connectivity index is 1.55. The molecule has 0 aliphatic carbocycles. The second kappa shape index (κ2) is 7.55. The van der Waals surface area contributed by atoms with E-state index in [1.165, 1.54) is 23.5 Å². The van der Waals surface area contributed by atoms with E-state index in [1.807, 2.05) is 5.38 Å². The first kappa shape index (κ1) is 16.6. The molecule has 0 saturated carbocycles. The van der Waals surface area contributed by atoms with Crippen LogP contribution in [0.4, 0.5) is 4.39 Å². The number of Topliss-reactive ketones (excluding diaryl/α,β-unsaturated/α-hetero) is 1. The van der Waals surface area contributed by atoms with Crippen LogP contribution in [0.3, 0.4) is 0 Å². The summed E-state index contributed by atoms with van der Waals surface area (Å²) in [4.78, 5) is 24.3. The quantitative estimate of drug-likeness (QED) is 0.590. The summed E-state index contributed by atoms with van der Waals surface area (Å²) in [6.45, 7) is 0.227. The lowest BCUT2D eigenvalue weighted by Crippen LogP contribution is -2.15. The number of benzene rings is 1. The molecule has 24 heavy (non-hydrogen) atoms. The number of halogens is 1. The Hall–Kier alpha value is -2.25. The molecule has 0 fully saturated rings. The number of carbonyl (C=O) groups is 2. The lowest BCUT2D eigenvalue weighted by molar-refractivity contribution is -0.145. The number of fused-ring (bicyclic) bond motifs is 1. The second-order valence-corrected chi connectivity index (χ2v) is 6.17. The Labute approximate surface area is 142 Å². The van der Waals surface area contributed by atoms with Crippen LogP contribution in [0.1, 0.15) is 33.6 Å². The van der Waals surface area contributed by atoms with Crippen molar-refractivity contribution in [2.24, 2.45) is 0 Å². The fourth-order valence-corrected chi connectivity index (χ4v) is 3.06. The summed E-state index contributed by atoms with van der Waals surface area (Å²) in [5.74, 6) is -0.553. The van der Waals surface area contributed by atoms with Crippen molar-refractivity contribution in [2.75, 3.05) is 6.79 Å². The lowest BCUT2D eigenvalue weighted by Gasteiger charge is -2.20. The summed E-state index contributed by atoms with van der Waals surface area (Å²) in [5, 5.41) is 1.81. The van der Waals surface area contributed by atoms with Gasteiger partial charge in [0, 0.05) is 17.5 Å². The van der Waals surface area contributed by atoms with E-state index < -0.39 is 11.8 Å². The molecule has 0 radical (unpaired) electrons. The minimum Gasteiger partial charge on any atom is -0.467 e. The number of esters is 1. The number of thiophene rings is 1. The first-order valence-corrected chi connectivity index (χ1v) is 8.25. The van der Waals surface area contributed by atoms with Crippen LogP contribution < -0.4 is 4.74 Å². The Morgan fingerprint density at radius 2 is 2.17 bits per heavy atom. The largest absolute Gasteiger partial charge is 0.467 e. The van der Waals surface area contributed by atoms with E-state index in [-0.39, 0.29) is 38.6 Å². The van der Waals surface area contributed by atoms with Gasteiger partial charge in [0.2, 0.25) is 0 Å². The summed E-state index contributed by atoms with van der Waals surface area (Å²) in [6.07, 6.45) is 0.0726. The Bertz CT molecular complexity index is 742. The summed E-state index contributed by atoms with van der Waals surface area (Å²) in [5.41, 5.74) is 1.03. The highest BCUT2D eigenvalue weighted by atomic mass is 32.1. The maximum absolute atomic E-state index is 13.6. The Kier molecular flexibility index (Phi) is 5.22. The van der Waals surface area contributed by atoms with E-state index in [1.54, 1.807) is 12.1 Å². The van der Waals surface area contributed by atoms with Gasteiger partial charge in [-0.25, -0.2) is 4.39 Å². The van der Waals surface area contributed by atoms with E-state index in [9.17, 15) is 14.0 Å². The van der Waals surface area contributed by atoms with Gasteiger partial charge in [0.05, 0.1) is 17.9 Å². The molecule has 1 aromatic carbocycles. The molecule has 1 aliphatic heterocycles. The molecule has 0 amide bonds. The van der Waals surface area contributed by atoms with E-state index in [4.69, 9.17) is 14.2 Å². The monoisotopic (exact) mass is 350 g/mol. The molecule has 0 bridgehead atoms. The van der Waals surface area contributed by atoms with Gasteiger partial charge >= 0.3 is 5.97 Å². The molecule has 2 aromatic rings. The number of rotatable bonds is 6. The molecule has 126 valence electrons. The first-order valence-electron chi connectivity index (χ1n) is 7.37. The maximum Gasteiger partial charge on any atom is 0.306 e. The molecule has 7 heteroatoms. The van der Waals surface area contributed by atoms with Gasteiger partial charge in [0.15, 0.2) is 12.6 Å². The summed E-state index contributed by atoms with van der Waals surface area (Å²) in [7, 11) is 0. The Morgan fingerprint density at radius 1 is 1.29 bits per heavy atom. The van der Waals surface area contributed by atoms with Gasteiger partial charge in [-0.15, -0.1) is 11.3 Å². The molecule has 1 aromatic heterocycles. The molecule has 3 rings (SSSR count). The molecular weight excluding hydrogens is 335 g/mol. The maximum atomic E-state index is 13.6. The fourth-order valence-electron chi connectivity index (χ4n) is 2.37. The average Bonchev–Trinajstić information content (AvgIpc) is 3.12. The normalized spacial score (nSPS) is 13.0. The highest BCUT2D eigenvalue weighted by Crippen LogP contribution is 2.30. The molecule has 0 spiro atoms. The average molecular weight is 350 g/mol. The zero-order valence-corrected chi connectivity index (χ0v) is 13.6. The van der Waals surface area contributed by atoms with Crippen LogP contribution in [0.25, 0.3) is 0 Å². The van der Waals surface area contributed by atoms with E-state index in [0.717, 1.165) is 0 Å². The van der Waals surface area contributed by atoms with Crippen LogP contribution in [0, 0.1) is 5.82 Å². The SMILES string of the molecule is O=C(CCC(=O)c1cccs1)OCc1cc(F)cc2c1OCOC2. The van der Waals surface area contributed by atoms with Crippen molar-refractivity contribution < 1.29 is 28.2 Å². The molecule has 0 atom stereocenters. The minimum atomic E-state index is -0.509. The fraction of sp³-hybridized carbons (Fsp3) is 0.294. The van der Waals surface area contributed by atoms with Gasteiger partial charge in [-0.2, -0.15) is 0 Å². The number of hydrogen-bond acceptors (Lipinski definition) is 6. The predicted molar refractivity (Wildman–Crippen MR) is 84.4 cm³/mol. The summed E-state index contributed by atoms with van der Waals surface area (Å²) < 4.78 is 29.2. The van der Waals surface area contributed by atoms with Crippen molar-refractivity contribution in [3.8, 4) is 5.75 Å². The number of hydrogen-bond donors (Lipinski definition) is 0. The predicted octanol–water partition coefficient (Wildman–Crippen LogP) is 3.46. The van der Waals surface area contributed by atoms with Crippen molar-refractivity contribution in [1.29, 1.82) is 0 Å². The van der Waals surface area contributed by atoms with Gasteiger partial charge in [0.25, 0.3) is 0 Å². The molecule has 2 heterocycles. The van der Waals surface area contributed by atoms with Crippen LogP contribution in [0.2, 0.25) is 0 Å². The van der Waals surface area contributed by atoms with E-state index >= 15 is 0 Å². The second-order valence-electron chi connectivity index (χ2n) is 5.22. The third kappa shape index (κ3) is 3.98.